The number of benzene rings is 1. The highest BCUT2D eigenvalue weighted by Crippen LogP contribution is 2.44. The molecule has 0 bridgehead atoms. The number of amides is 2. The average molecular weight is 470 g/mol. The number of anilines is 1. The summed E-state index contributed by atoms with van der Waals surface area (Å²) in [6.45, 7) is 9.95. The predicted molar refractivity (Wildman–Crippen MR) is 136 cm³/mol. The van der Waals surface area contributed by atoms with Gasteiger partial charge in [0.05, 0.1) is 11.6 Å². The van der Waals surface area contributed by atoms with Crippen molar-refractivity contribution in [3.05, 3.63) is 29.3 Å². The van der Waals surface area contributed by atoms with Gasteiger partial charge in [0, 0.05) is 31.7 Å². The molecule has 0 spiro atoms. The van der Waals surface area contributed by atoms with Gasteiger partial charge in [-0.2, -0.15) is 0 Å². The van der Waals surface area contributed by atoms with E-state index in [4.69, 9.17) is 4.74 Å². The molecule has 2 amide bonds. The zero-order valence-electron chi connectivity index (χ0n) is 21.4. The number of nitrogens with one attached hydrogen (secondary N) is 1. The molecule has 1 unspecified atom stereocenters. The topological polar surface area (TPSA) is 61.9 Å². The molecule has 6 nitrogen and oxygen atoms in total. The molecule has 6 heteroatoms. The minimum atomic E-state index is -0.374. The van der Waals surface area contributed by atoms with E-state index in [-0.39, 0.29) is 23.6 Å². The summed E-state index contributed by atoms with van der Waals surface area (Å²) < 4.78 is 5.46. The molecule has 3 aliphatic rings. The Bertz CT molecular complexity index is 864. The van der Waals surface area contributed by atoms with Crippen LogP contribution in [0, 0.1) is 5.92 Å². The second-order valence-corrected chi connectivity index (χ2v) is 10.8. The van der Waals surface area contributed by atoms with Crippen LogP contribution < -0.4 is 10.2 Å². The van der Waals surface area contributed by atoms with Gasteiger partial charge < -0.3 is 15.0 Å². The van der Waals surface area contributed by atoms with Gasteiger partial charge in [0.25, 0.3) is 0 Å². The van der Waals surface area contributed by atoms with Crippen LogP contribution in [0.1, 0.15) is 83.3 Å². The lowest BCUT2D eigenvalue weighted by atomic mass is 9.71. The lowest BCUT2D eigenvalue weighted by molar-refractivity contribution is -0.147. The number of nitrogens with zero attached hydrogens (tertiary/aromatic N) is 2. The summed E-state index contributed by atoms with van der Waals surface area (Å²) in [5.74, 6) is 0.230. The molecule has 0 radical (unpaired) electrons. The molecule has 4 rings (SSSR count). The molecule has 34 heavy (non-hydrogen) atoms. The van der Waals surface area contributed by atoms with Gasteiger partial charge >= 0.3 is 12.0 Å². The summed E-state index contributed by atoms with van der Waals surface area (Å²) in [6.07, 6.45) is 10.0. The van der Waals surface area contributed by atoms with Crippen LogP contribution >= 0.6 is 0 Å². The highest BCUT2D eigenvalue weighted by molar-refractivity contribution is 5.96. The summed E-state index contributed by atoms with van der Waals surface area (Å²) in [6, 6.07) is 6.62. The fourth-order valence-electron chi connectivity index (χ4n) is 6.41. The zero-order chi connectivity index (χ0) is 24.1. The van der Waals surface area contributed by atoms with E-state index < -0.39 is 0 Å². The third-order valence-corrected chi connectivity index (χ3v) is 8.07. The molecule has 0 aromatic heterocycles. The number of hydrogen-bond donors (Lipinski definition) is 1. The first-order chi connectivity index (χ1) is 16.4. The summed E-state index contributed by atoms with van der Waals surface area (Å²) in [7, 11) is 0. The minimum Gasteiger partial charge on any atom is -0.463 e. The van der Waals surface area contributed by atoms with Crippen molar-refractivity contribution in [1.29, 1.82) is 0 Å². The first-order valence-corrected chi connectivity index (χ1v) is 13.5. The SMILES string of the molecule is CCCN1CCc2ccc(N3C(=O)NCC3(CCC(=O)OC(C)C)C3CCCCC3)cc2CC1. The number of carbonyl (C=O) groups is 2. The van der Waals surface area contributed by atoms with E-state index in [1.807, 2.05) is 18.7 Å². The van der Waals surface area contributed by atoms with Crippen molar-refractivity contribution in [3.8, 4) is 0 Å². The number of carbonyl (C=O) groups excluding carboxylic acids is 2. The van der Waals surface area contributed by atoms with Crippen LogP contribution in [-0.4, -0.2) is 54.7 Å². The number of ether oxygens (including phenoxy) is 1. The maximum atomic E-state index is 13.3. The van der Waals surface area contributed by atoms with Gasteiger partial charge in [0.2, 0.25) is 0 Å². The summed E-state index contributed by atoms with van der Waals surface area (Å²) >= 11 is 0. The van der Waals surface area contributed by atoms with Gasteiger partial charge in [-0.15, -0.1) is 0 Å². The Kier molecular flexibility index (Phi) is 8.18. The number of hydrogen-bond acceptors (Lipinski definition) is 4. The van der Waals surface area contributed by atoms with Gasteiger partial charge in [0.15, 0.2) is 0 Å². The molecule has 1 aromatic carbocycles. The van der Waals surface area contributed by atoms with E-state index in [0.717, 1.165) is 51.0 Å². The van der Waals surface area contributed by atoms with Crippen molar-refractivity contribution in [1.82, 2.24) is 10.2 Å². The molecule has 1 saturated carbocycles. The van der Waals surface area contributed by atoms with Gasteiger partial charge in [-0.1, -0.05) is 32.3 Å². The maximum absolute atomic E-state index is 13.3. The van der Waals surface area contributed by atoms with Gasteiger partial charge in [-0.25, -0.2) is 4.79 Å². The Labute approximate surface area is 205 Å². The molecule has 1 atom stereocenters. The molecule has 188 valence electrons. The lowest BCUT2D eigenvalue weighted by Crippen LogP contribution is -2.54. The molecule has 1 aromatic rings. The van der Waals surface area contributed by atoms with E-state index in [1.165, 1.54) is 36.8 Å². The Morgan fingerprint density at radius 2 is 1.88 bits per heavy atom. The molecule has 1 N–H and O–H groups in total. The smallest absolute Gasteiger partial charge is 0.322 e. The third kappa shape index (κ3) is 5.42. The van der Waals surface area contributed by atoms with Crippen LogP contribution in [0.3, 0.4) is 0 Å². The summed E-state index contributed by atoms with van der Waals surface area (Å²) in [4.78, 5) is 30.4. The highest BCUT2D eigenvalue weighted by atomic mass is 16.5. The Morgan fingerprint density at radius 1 is 1.15 bits per heavy atom. The Balaban J connectivity index is 1.62. The van der Waals surface area contributed by atoms with Gasteiger partial charge in [0.1, 0.15) is 0 Å². The molecule has 1 aliphatic carbocycles. The van der Waals surface area contributed by atoms with Crippen molar-refractivity contribution in [2.75, 3.05) is 31.1 Å². The monoisotopic (exact) mass is 469 g/mol. The third-order valence-electron chi connectivity index (χ3n) is 8.07. The normalized spacial score (nSPS) is 24.1. The number of esters is 1. The molecule has 2 fully saturated rings. The van der Waals surface area contributed by atoms with Crippen molar-refractivity contribution >= 4 is 17.7 Å². The van der Waals surface area contributed by atoms with E-state index in [9.17, 15) is 9.59 Å². The predicted octanol–water partition coefficient (Wildman–Crippen LogP) is 5.08. The van der Waals surface area contributed by atoms with Gasteiger partial charge in [-0.05, 0) is 88.1 Å². The van der Waals surface area contributed by atoms with Crippen LogP contribution in [0.15, 0.2) is 18.2 Å². The molecular weight excluding hydrogens is 426 g/mol. The summed E-state index contributed by atoms with van der Waals surface area (Å²) in [5.41, 5.74) is 3.39. The fourth-order valence-corrected chi connectivity index (χ4v) is 6.41. The summed E-state index contributed by atoms with van der Waals surface area (Å²) in [5, 5.41) is 3.16. The molecular formula is C28H43N3O3. The average Bonchev–Trinajstić information content (AvgIpc) is 3.03. The largest absolute Gasteiger partial charge is 0.463 e. The minimum absolute atomic E-state index is 0.0241. The zero-order valence-corrected chi connectivity index (χ0v) is 21.4. The van der Waals surface area contributed by atoms with Crippen LogP contribution in [-0.2, 0) is 22.4 Å². The van der Waals surface area contributed by atoms with E-state index >= 15 is 0 Å². The number of urea groups is 1. The standard InChI is InChI=1S/C28H43N3O3/c1-4-16-30-17-13-22-10-11-25(19-23(22)14-18-30)31-27(33)29-20-28(31,24-8-6-5-7-9-24)15-12-26(32)34-21(2)3/h10-11,19,21,24H,4-9,12-18,20H2,1-3H3,(H,29,33). The van der Waals surface area contributed by atoms with Crippen molar-refractivity contribution in [2.24, 2.45) is 5.92 Å². The van der Waals surface area contributed by atoms with E-state index in [0.29, 0.717) is 25.3 Å². The Morgan fingerprint density at radius 3 is 2.59 bits per heavy atom. The Hall–Kier alpha value is -2.08. The second-order valence-electron chi connectivity index (χ2n) is 10.8. The van der Waals surface area contributed by atoms with Crippen LogP contribution in [0.4, 0.5) is 10.5 Å². The van der Waals surface area contributed by atoms with Crippen molar-refractivity contribution in [2.45, 2.75) is 96.6 Å². The van der Waals surface area contributed by atoms with Crippen molar-refractivity contribution < 1.29 is 14.3 Å². The fraction of sp³-hybridized carbons (Fsp3) is 0.714. The molecule has 2 aliphatic heterocycles. The van der Waals surface area contributed by atoms with Crippen LogP contribution in [0.25, 0.3) is 0 Å². The van der Waals surface area contributed by atoms with Gasteiger partial charge in [-0.3, -0.25) is 9.69 Å². The quantitative estimate of drug-likeness (QED) is 0.540. The van der Waals surface area contributed by atoms with E-state index in [2.05, 4.69) is 35.3 Å². The van der Waals surface area contributed by atoms with Crippen molar-refractivity contribution in [3.63, 3.8) is 0 Å². The molecule has 2 heterocycles. The maximum Gasteiger partial charge on any atom is 0.322 e. The number of rotatable bonds is 8. The highest BCUT2D eigenvalue weighted by Gasteiger charge is 2.51. The lowest BCUT2D eigenvalue weighted by Gasteiger charge is -2.45. The second kappa shape index (κ2) is 11.1. The van der Waals surface area contributed by atoms with Crippen LogP contribution in [0.5, 0.6) is 0 Å². The first kappa shape index (κ1) is 25.0. The van der Waals surface area contributed by atoms with Crippen LogP contribution in [0.2, 0.25) is 0 Å². The number of fused-ring (bicyclic) bond motifs is 1. The first-order valence-electron chi connectivity index (χ1n) is 13.5. The molecule has 1 saturated heterocycles. The van der Waals surface area contributed by atoms with E-state index in [1.54, 1.807) is 0 Å².